The minimum atomic E-state index is 0.429. The van der Waals surface area contributed by atoms with Gasteiger partial charge in [0.15, 0.2) is 0 Å². The first-order valence-corrected chi connectivity index (χ1v) is 7.36. The smallest absolute Gasteiger partial charge is 0.0702 e. The van der Waals surface area contributed by atoms with Gasteiger partial charge in [-0.15, -0.1) is 0 Å². The molecule has 0 aliphatic carbocycles. The molecule has 106 valence electrons. The second-order valence-electron chi connectivity index (χ2n) is 5.52. The van der Waals surface area contributed by atoms with E-state index in [0.29, 0.717) is 12.1 Å². The number of benzene rings is 1. The van der Waals surface area contributed by atoms with Gasteiger partial charge in [0.05, 0.1) is 6.10 Å². The molecule has 0 amide bonds. The lowest BCUT2D eigenvalue weighted by molar-refractivity contribution is -0.00616. The van der Waals surface area contributed by atoms with Crippen LogP contribution in [0.25, 0.3) is 0 Å². The minimum absolute atomic E-state index is 0.429. The molecule has 1 aromatic rings. The highest BCUT2D eigenvalue weighted by Gasteiger charge is 2.18. The maximum absolute atomic E-state index is 5.80. The van der Waals surface area contributed by atoms with E-state index >= 15 is 0 Å². The Morgan fingerprint density at radius 1 is 1.32 bits per heavy atom. The molecule has 0 aromatic heterocycles. The molecule has 2 unspecified atom stereocenters. The molecule has 0 spiro atoms. The minimum Gasteiger partial charge on any atom is -0.383 e. The van der Waals surface area contributed by atoms with Gasteiger partial charge in [0.25, 0.3) is 0 Å². The number of anilines is 1. The van der Waals surface area contributed by atoms with Crippen LogP contribution in [0.4, 0.5) is 5.69 Å². The average molecular weight is 262 g/mol. The standard InChI is InChI=1S/C16H26N2O/c1-14(12-17-15-8-4-3-5-9-15)18(2)13-16-10-6-7-11-19-16/h3-5,8-9,14,16-17H,6-7,10-13H2,1-2H3. The molecule has 1 fully saturated rings. The van der Waals surface area contributed by atoms with Crippen LogP contribution in [0.2, 0.25) is 0 Å². The number of nitrogens with zero attached hydrogens (tertiary/aromatic N) is 1. The summed E-state index contributed by atoms with van der Waals surface area (Å²) in [7, 11) is 2.19. The fourth-order valence-corrected chi connectivity index (χ4v) is 2.43. The highest BCUT2D eigenvalue weighted by Crippen LogP contribution is 2.14. The fourth-order valence-electron chi connectivity index (χ4n) is 2.43. The summed E-state index contributed by atoms with van der Waals surface area (Å²) < 4.78 is 5.80. The highest BCUT2D eigenvalue weighted by molar-refractivity contribution is 5.42. The SMILES string of the molecule is CC(CNc1ccccc1)N(C)CC1CCCCO1. The van der Waals surface area contributed by atoms with Crippen molar-refractivity contribution in [1.82, 2.24) is 4.90 Å². The third-order valence-electron chi connectivity index (χ3n) is 3.89. The summed E-state index contributed by atoms with van der Waals surface area (Å²) in [5.74, 6) is 0. The van der Waals surface area contributed by atoms with Gasteiger partial charge in [-0.25, -0.2) is 0 Å². The van der Waals surface area contributed by atoms with Crippen molar-refractivity contribution in [2.75, 3.05) is 32.1 Å². The summed E-state index contributed by atoms with van der Waals surface area (Å²) in [6, 6.07) is 10.9. The lowest BCUT2D eigenvalue weighted by atomic mass is 10.1. The zero-order chi connectivity index (χ0) is 13.5. The average Bonchev–Trinajstić information content (AvgIpc) is 2.47. The van der Waals surface area contributed by atoms with Crippen molar-refractivity contribution in [1.29, 1.82) is 0 Å². The molecule has 0 radical (unpaired) electrons. The van der Waals surface area contributed by atoms with E-state index in [4.69, 9.17) is 4.74 Å². The molecule has 1 aliphatic rings. The second-order valence-corrected chi connectivity index (χ2v) is 5.52. The quantitative estimate of drug-likeness (QED) is 0.853. The Kier molecular flexibility index (Phi) is 5.67. The van der Waals surface area contributed by atoms with E-state index in [0.717, 1.165) is 19.7 Å². The summed E-state index contributed by atoms with van der Waals surface area (Å²) in [4.78, 5) is 2.39. The molecule has 1 saturated heterocycles. The Balaban J connectivity index is 1.71. The predicted octanol–water partition coefficient (Wildman–Crippen LogP) is 2.99. The van der Waals surface area contributed by atoms with Gasteiger partial charge in [0.1, 0.15) is 0 Å². The Hall–Kier alpha value is -1.06. The Morgan fingerprint density at radius 2 is 2.11 bits per heavy atom. The van der Waals surface area contributed by atoms with Crippen LogP contribution in [0.1, 0.15) is 26.2 Å². The molecule has 2 atom stereocenters. The van der Waals surface area contributed by atoms with Crippen molar-refractivity contribution < 1.29 is 4.74 Å². The number of likely N-dealkylation sites (N-methyl/N-ethyl adjacent to an activating group) is 1. The third-order valence-corrected chi connectivity index (χ3v) is 3.89. The van der Waals surface area contributed by atoms with Crippen molar-refractivity contribution in [2.24, 2.45) is 0 Å². The lowest BCUT2D eigenvalue weighted by Crippen LogP contribution is -2.41. The molecule has 0 bridgehead atoms. The Labute approximate surface area is 116 Å². The normalized spacial score (nSPS) is 21.3. The molecule has 1 heterocycles. The third kappa shape index (κ3) is 4.84. The molecule has 1 N–H and O–H groups in total. The van der Waals surface area contributed by atoms with Crippen LogP contribution in [0.15, 0.2) is 30.3 Å². The first-order valence-electron chi connectivity index (χ1n) is 7.36. The second kappa shape index (κ2) is 7.51. The summed E-state index contributed by atoms with van der Waals surface area (Å²) in [5, 5.41) is 3.48. The van der Waals surface area contributed by atoms with Crippen molar-refractivity contribution in [2.45, 2.75) is 38.3 Å². The summed E-state index contributed by atoms with van der Waals surface area (Å²) >= 11 is 0. The van der Waals surface area contributed by atoms with Gasteiger partial charge >= 0.3 is 0 Å². The zero-order valence-corrected chi connectivity index (χ0v) is 12.1. The summed E-state index contributed by atoms with van der Waals surface area (Å²) in [6.07, 6.45) is 4.18. The first-order chi connectivity index (χ1) is 9.25. The van der Waals surface area contributed by atoms with E-state index < -0.39 is 0 Å². The molecule has 3 heteroatoms. The zero-order valence-electron chi connectivity index (χ0n) is 12.1. The number of ether oxygens (including phenoxy) is 1. The monoisotopic (exact) mass is 262 g/mol. The molecular formula is C16H26N2O. The van der Waals surface area contributed by atoms with Gasteiger partial charge in [0.2, 0.25) is 0 Å². The fraction of sp³-hybridized carbons (Fsp3) is 0.625. The molecule has 19 heavy (non-hydrogen) atoms. The van der Waals surface area contributed by atoms with E-state index in [1.165, 1.54) is 24.9 Å². The summed E-state index contributed by atoms with van der Waals surface area (Å²) in [5.41, 5.74) is 1.19. The van der Waals surface area contributed by atoms with Gasteiger partial charge < -0.3 is 10.1 Å². The topological polar surface area (TPSA) is 24.5 Å². The number of nitrogens with one attached hydrogen (secondary N) is 1. The Bertz CT molecular complexity index is 349. The molecule has 2 rings (SSSR count). The van der Waals surface area contributed by atoms with E-state index in [1.54, 1.807) is 0 Å². The van der Waals surface area contributed by atoms with Crippen LogP contribution >= 0.6 is 0 Å². The van der Waals surface area contributed by atoms with Gasteiger partial charge in [-0.2, -0.15) is 0 Å². The van der Waals surface area contributed by atoms with Gasteiger partial charge in [-0.1, -0.05) is 18.2 Å². The van der Waals surface area contributed by atoms with E-state index in [1.807, 2.05) is 6.07 Å². The maximum atomic E-state index is 5.80. The first kappa shape index (κ1) is 14.4. The molecule has 3 nitrogen and oxygen atoms in total. The van der Waals surface area contributed by atoms with Crippen LogP contribution in [-0.2, 0) is 4.74 Å². The molecule has 1 aromatic carbocycles. The van der Waals surface area contributed by atoms with Crippen LogP contribution < -0.4 is 5.32 Å². The van der Waals surface area contributed by atoms with E-state index in [9.17, 15) is 0 Å². The van der Waals surface area contributed by atoms with Crippen molar-refractivity contribution >= 4 is 5.69 Å². The Morgan fingerprint density at radius 3 is 2.79 bits per heavy atom. The molecule has 0 saturated carbocycles. The van der Waals surface area contributed by atoms with E-state index in [-0.39, 0.29) is 0 Å². The van der Waals surface area contributed by atoms with Crippen molar-refractivity contribution in [3.8, 4) is 0 Å². The number of rotatable bonds is 6. The lowest BCUT2D eigenvalue weighted by Gasteiger charge is -2.31. The molecule has 1 aliphatic heterocycles. The highest BCUT2D eigenvalue weighted by atomic mass is 16.5. The maximum Gasteiger partial charge on any atom is 0.0702 e. The van der Waals surface area contributed by atoms with Crippen molar-refractivity contribution in [3.05, 3.63) is 30.3 Å². The van der Waals surface area contributed by atoms with Crippen LogP contribution in [0, 0.1) is 0 Å². The van der Waals surface area contributed by atoms with Gasteiger partial charge in [-0.05, 0) is 45.4 Å². The summed E-state index contributed by atoms with van der Waals surface area (Å²) in [6.45, 7) is 5.21. The van der Waals surface area contributed by atoms with E-state index in [2.05, 4.69) is 48.5 Å². The van der Waals surface area contributed by atoms with Crippen LogP contribution in [-0.4, -0.2) is 43.8 Å². The van der Waals surface area contributed by atoms with Crippen LogP contribution in [0.3, 0.4) is 0 Å². The van der Waals surface area contributed by atoms with Crippen molar-refractivity contribution in [3.63, 3.8) is 0 Å². The number of para-hydroxylation sites is 1. The molecular weight excluding hydrogens is 236 g/mol. The van der Waals surface area contributed by atoms with Gasteiger partial charge in [-0.3, -0.25) is 4.90 Å². The van der Waals surface area contributed by atoms with Crippen LogP contribution in [0.5, 0.6) is 0 Å². The largest absolute Gasteiger partial charge is 0.383 e. The number of hydrogen-bond donors (Lipinski definition) is 1. The number of hydrogen-bond acceptors (Lipinski definition) is 3. The predicted molar refractivity (Wildman–Crippen MR) is 80.6 cm³/mol. The van der Waals surface area contributed by atoms with Gasteiger partial charge in [0, 0.05) is 31.4 Å².